The zero-order valence-corrected chi connectivity index (χ0v) is 13.6. The summed E-state index contributed by atoms with van der Waals surface area (Å²) in [4.78, 5) is 14.5. The first-order chi connectivity index (χ1) is 10.4. The Labute approximate surface area is 131 Å². The summed E-state index contributed by atoms with van der Waals surface area (Å²) in [6.07, 6.45) is 5.06. The van der Waals surface area contributed by atoms with Crippen molar-refractivity contribution in [3.63, 3.8) is 0 Å². The van der Waals surface area contributed by atoms with Gasteiger partial charge in [0.1, 0.15) is 5.76 Å². The highest BCUT2D eigenvalue weighted by molar-refractivity contribution is 7.88. The highest BCUT2D eigenvalue weighted by atomic mass is 32.2. The smallest absolute Gasteiger partial charge is 0.225 e. The standard InChI is InChI=1S/C15H22N2O4S/c1-22(19,20)17-8-5-12(6-9-17)15(18)16-7-4-13(11-16)14-3-2-10-21-14/h2-3,10,12-13H,4-9,11H2,1H3. The lowest BCUT2D eigenvalue weighted by Gasteiger charge is -2.31. The van der Waals surface area contributed by atoms with E-state index in [9.17, 15) is 13.2 Å². The minimum absolute atomic E-state index is 0.0478. The van der Waals surface area contributed by atoms with E-state index in [1.54, 1.807) is 6.26 Å². The molecule has 0 aliphatic carbocycles. The zero-order valence-electron chi connectivity index (χ0n) is 12.8. The third kappa shape index (κ3) is 3.20. The van der Waals surface area contributed by atoms with Crippen molar-refractivity contribution >= 4 is 15.9 Å². The van der Waals surface area contributed by atoms with Gasteiger partial charge in [-0.3, -0.25) is 4.79 Å². The van der Waals surface area contributed by atoms with Crippen LogP contribution >= 0.6 is 0 Å². The van der Waals surface area contributed by atoms with Crippen LogP contribution in [0, 0.1) is 5.92 Å². The number of carbonyl (C=O) groups is 1. The van der Waals surface area contributed by atoms with E-state index in [1.807, 2.05) is 17.0 Å². The number of carbonyl (C=O) groups excluding carboxylic acids is 1. The molecular weight excluding hydrogens is 304 g/mol. The summed E-state index contributed by atoms with van der Waals surface area (Å²) in [5.41, 5.74) is 0. The number of hydrogen-bond donors (Lipinski definition) is 0. The summed E-state index contributed by atoms with van der Waals surface area (Å²) in [5.74, 6) is 1.35. The van der Waals surface area contributed by atoms with Gasteiger partial charge < -0.3 is 9.32 Å². The molecule has 3 heterocycles. The van der Waals surface area contributed by atoms with E-state index >= 15 is 0 Å². The number of nitrogens with zero attached hydrogens (tertiary/aromatic N) is 2. The van der Waals surface area contributed by atoms with Gasteiger partial charge in [0.15, 0.2) is 0 Å². The number of amides is 1. The summed E-state index contributed by atoms with van der Waals surface area (Å²) < 4.78 is 29.9. The van der Waals surface area contributed by atoms with Crippen LogP contribution in [-0.4, -0.2) is 56.0 Å². The predicted octanol–water partition coefficient (Wildman–Crippen LogP) is 1.27. The second kappa shape index (κ2) is 6.04. The second-order valence-corrected chi connectivity index (χ2v) is 8.20. The molecule has 1 aromatic rings. The molecule has 1 unspecified atom stereocenters. The Morgan fingerprint density at radius 1 is 1.23 bits per heavy atom. The van der Waals surface area contributed by atoms with Crippen molar-refractivity contribution in [2.24, 2.45) is 5.92 Å². The fourth-order valence-corrected chi connectivity index (χ4v) is 4.28. The van der Waals surface area contributed by atoms with Gasteiger partial charge in [-0.2, -0.15) is 0 Å². The lowest BCUT2D eigenvalue weighted by atomic mass is 9.96. The van der Waals surface area contributed by atoms with E-state index in [0.717, 1.165) is 18.7 Å². The Balaban J connectivity index is 1.55. The van der Waals surface area contributed by atoms with Gasteiger partial charge in [0.05, 0.1) is 12.5 Å². The van der Waals surface area contributed by atoms with Gasteiger partial charge in [-0.15, -0.1) is 0 Å². The monoisotopic (exact) mass is 326 g/mol. The first kappa shape index (κ1) is 15.6. The minimum Gasteiger partial charge on any atom is -0.469 e. The molecular formula is C15H22N2O4S. The number of sulfonamides is 1. The van der Waals surface area contributed by atoms with Crippen LogP contribution in [0.5, 0.6) is 0 Å². The fraction of sp³-hybridized carbons (Fsp3) is 0.667. The van der Waals surface area contributed by atoms with Crippen LogP contribution in [0.4, 0.5) is 0 Å². The second-order valence-electron chi connectivity index (χ2n) is 6.22. The van der Waals surface area contributed by atoms with Gasteiger partial charge in [-0.25, -0.2) is 12.7 Å². The molecule has 1 aromatic heterocycles. The molecule has 6 nitrogen and oxygen atoms in total. The van der Waals surface area contributed by atoms with Gasteiger partial charge in [-0.1, -0.05) is 0 Å². The molecule has 2 fully saturated rings. The predicted molar refractivity (Wildman–Crippen MR) is 81.8 cm³/mol. The molecule has 122 valence electrons. The first-order valence-electron chi connectivity index (χ1n) is 7.72. The molecule has 1 amide bonds. The third-order valence-corrected chi connectivity index (χ3v) is 6.02. The number of piperidine rings is 1. The fourth-order valence-electron chi connectivity index (χ4n) is 3.41. The number of hydrogen-bond acceptors (Lipinski definition) is 4. The van der Waals surface area contributed by atoms with Gasteiger partial charge in [0, 0.05) is 38.0 Å². The van der Waals surface area contributed by atoms with Crippen LogP contribution < -0.4 is 0 Å². The molecule has 2 aliphatic heterocycles. The van der Waals surface area contributed by atoms with Crippen molar-refractivity contribution in [1.82, 2.24) is 9.21 Å². The molecule has 0 bridgehead atoms. The van der Waals surface area contributed by atoms with Crippen LogP contribution in [0.25, 0.3) is 0 Å². The Hall–Kier alpha value is -1.34. The Morgan fingerprint density at radius 3 is 2.55 bits per heavy atom. The first-order valence-corrected chi connectivity index (χ1v) is 9.57. The maximum Gasteiger partial charge on any atom is 0.225 e. The van der Waals surface area contributed by atoms with Crippen molar-refractivity contribution < 1.29 is 17.6 Å². The molecule has 1 atom stereocenters. The topological polar surface area (TPSA) is 70.8 Å². The van der Waals surface area contributed by atoms with E-state index in [0.29, 0.717) is 32.5 Å². The van der Waals surface area contributed by atoms with Crippen LogP contribution in [0.3, 0.4) is 0 Å². The Bertz CT molecular complexity index is 618. The quantitative estimate of drug-likeness (QED) is 0.838. The normalized spacial score (nSPS) is 24.8. The van der Waals surface area contributed by atoms with Crippen molar-refractivity contribution in [2.75, 3.05) is 32.4 Å². The number of furan rings is 1. The number of likely N-dealkylation sites (tertiary alicyclic amines) is 1. The van der Waals surface area contributed by atoms with E-state index in [2.05, 4.69) is 0 Å². The molecule has 22 heavy (non-hydrogen) atoms. The molecule has 0 saturated carbocycles. The largest absolute Gasteiger partial charge is 0.469 e. The van der Waals surface area contributed by atoms with E-state index in [4.69, 9.17) is 4.42 Å². The zero-order chi connectivity index (χ0) is 15.7. The highest BCUT2D eigenvalue weighted by Crippen LogP contribution is 2.30. The lowest BCUT2D eigenvalue weighted by molar-refractivity contribution is -0.135. The average molecular weight is 326 g/mol. The lowest BCUT2D eigenvalue weighted by Crippen LogP contribution is -2.43. The van der Waals surface area contributed by atoms with Crippen molar-refractivity contribution in [1.29, 1.82) is 0 Å². The van der Waals surface area contributed by atoms with E-state index in [1.165, 1.54) is 10.6 Å². The molecule has 2 saturated heterocycles. The molecule has 0 N–H and O–H groups in total. The Morgan fingerprint density at radius 2 is 1.95 bits per heavy atom. The van der Waals surface area contributed by atoms with E-state index in [-0.39, 0.29) is 17.7 Å². The van der Waals surface area contributed by atoms with Crippen molar-refractivity contribution in [3.05, 3.63) is 24.2 Å². The van der Waals surface area contributed by atoms with Gasteiger partial charge in [-0.05, 0) is 31.4 Å². The summed E-state index contributed by atoms with van der Waals surface area (Å²) in [7, 11) is -3.14. The van der Waals surface area contributed by atoms with Crippen molar-refractivity contribution in [3.8, 4) is 0 Å². The van der Waals surface area contributed by atoms with Crippen LogP contribution in [0.1, 0.15) is 30.9 Å². The highest BCUT2D eigenvalue weighted by Gasteiger charge is 2.35. The van der Waals surface area contributed by atoms with Crippen LogP contribution in [-0.2, 0) is 14.8 Å². The summed E-state index contributed by atoms with van der Waals surface area (Å²) in [6.45, 7) is 2.37. The van der Waals surface area contributed by atoms with Crippen LogP contribution in [0.2, 0.25) is 0 Å². The van der Waals surface area contributed by atoms with Gasteiger partial charge in [0.25, 0.3) is 0 Å². The minimum atomic E-state index is -3.14. The summed E-state index contributed by atoms with van der Waals surface area (Å²) in [6, 6.07) is 3.84. The maximum atomic E-state index is 12.6. The van der Waals surface area contributed by atoms with Gasteiger partial charge in [0.2, 0.25) is 15.9 Å². The molecule has 0 spiro atoms. The molecule has 3 rings (SSSR count). The van der Waals surface area contributed by atoms with Gasteiger partial charge >= 0.3 is 0 Å². The van der Waals surface area contributed by atoms with E-state index < -0.39 is 10.0 Å². The molecule has 2 aliphatic rings. The number of rotatable bonds is 3. The average Bonchev–Trinajstić information content (AvgIpc) is 3.16. The molecule has 0 radical (unpaired) electrons. The molecule has 0 aromatic carbocycles. The molecule has 7 heteroatoms. The SMILES string of the molecule is CS(=O)(=O)N1CCC(C(=O)N2CCC(c3ccco3)C2)CC1. The van der Waals surface area contributed by atoms with Crippen LogP contribution in [0.15, 0.2) is 22.8 Å². The summed E-state index contributed by atoms with van der Waals surface area (Å²) in [5, 5.41) is 0. The Kier molecular flexibility index (Phi) is 4.27. The van der Waals surface area contributed by atoms with Crippen molar-refractivity contribution in [2.45, 2.75) is 25.2 Å². The summed E-state index contributed by atoms with van der Waals surface area (Å²) >= 11 is 0. The maximum absolute atomic E-state index is 12.6. The third-order valence-electron chi connectivity index (χ3n) is 4.72.